The van der Waals surface area contributed by atoms with Gasteiger partial charge in [0.15, 0.2) is 9.84 Å². The van der Waals surface area contributed by atoms with Crippen molar-refractivity contribution in [2.75, 3.05) is 38.5 Å². The molecule has 0 bridgehead atoms. The monoisotopic (exact) mass is 493 g/mol. The number of nitrogens with zero attached hydrogens (tertiary/aromatic N) is 3. The number of amides is 2. The number of likely N-dealkylation sites (tertiary alicyclic amines) is 2. The second kappa shape index (κ2) is 9.84. The van der Waals surface area contributed by atoms with E-state index in [0.29, 0.717) is 32.7 Å². The van der Waals surface area contributed by atoms with Crippen molar-refractivity contribution in [1.82, 2.24) is 14.8 Å². The first-order valence-electron chi connectivity index (χ1n) is 10.5. The minimum absolute atomic E-state index is 0.00902. The molecule has 184 valence electrons. The molecule has 9 nitrogen and oxygen atoms in total. The molecule has 3 saturated heterocycles. The highest BCUT2D eigenvalue weighted by molar-refractivity contribution is 7.93. The number of rotatable bonds is 4. The van der Waals surface area contributed by atoms with E-state index in [1.165, 1.54) is 0 Å². The number of hydrogen-bond acceptors (Lipinski definition) is 6. The van der Waals surface area contributed by atoms with Crippen LogP contribution < -0.4 is 0 Å². The Kier molecular flexibility index (Phi) is 7.52. The van der Waals surface area contributed by atoms with Gasteiger partial charge in [-0.15, -0.1) is 0 Å². The third-order valence-electron chi connectivity index (χ3n) is 6.22. The number of carboxylic acid groups (broad SMARTS) is 1. The lowest BCUT2D eigenvalue weighted by Crippen LogP contribution is -2.70. The third-order valence-corrected chi connectivity index (χ3v) is 8.82. The summed E-state index contributed by atoms with van der Waals surface area (Å²) in [5.41, 5.74) is 0.974. The molecule has 0 aromatic carbocycles. The fourth-order valence-corrected chi connectivity index (χ4v) is 6.75. The summed E-state index contributed by atoms with van der Waals surface area (Å²) < 4.78 is 62.1. The Labute approximate surface area is 189 Å². The Morgan fingerprint density at radius 3 is 2.39 bits per heavy atom. The molecule has 1 atom stereocenters. The van der Waals surface area contributed by atoms with E-state index in [9.17, 15) is 26.4 Å². The van der Waals surface area contributed by atoms with E-state index < -0.39 is 26.7 Å². The number of carbonyl (C=O) groups is 2. The molecule has 2 amide bonds. The smallest absolute Gasteiger partial charge is 0.475 e. The molecule has 3 aliphatic rings. The lowest BCUT2D eigenvalue weighted by atomic mass is 9.84. The number of hydrogen-bond donors (Lipinski definition) is 1. The third kappa shape index (κ3) is 5.57. The number of carboxylic acids is 1. The van der Waals surface area contributed by atoms with Crippen LogP contribution in [-0.2, 0) is 26.0 Å². The molecule has 4 rings (SSSR count). The van der Waals surface area contributed by atoms with E-state index >= 15 is 0 Å². The van der Waals surface area contributed by atoms with Crippen LogP contribution in [0.1, 0.15) is 24.8 Å². The van der Waals surface area contributed by atoms with E-state index in [-0.39, 0.29) is 17.7 Å². The highest BCUT2D eigenvalue weighted by Gasteiger charge is 2.62. The number of carbonyl (C=O) groups excluding carboxylic acids is 1. The summed E-state index contributed by atoms with van der Waals surface area (Å²) >= 11 is 0. The van der Waals surface area contributed by atoms with Crippen molar-refractivity contribution in [3.05, 3.63) is 30.1 Å². The molecule has 1 aromatic heterocycles. The lowest BCUT2D eigenvalue weighted by Gasteiger charge is -2.50. The molecular weight excluding hydrogens is 467 g/mol. The van der Waals surface area contributed by atoms with E-state index in [4.69, 9.17) is 14.6 Å². The quantitative estimate of drug-likeness (QED) is 0.681. The molecule has 1 N–H and O–H groups in total. The SMILES string of the molecule is O=C(N1CCCC1)N1CC2(C1)C(COCc1cccnc1)CCS2(=O)=O.O=C(O)C(F)(F)F. The van der Waals surface area contributed by atoms with Gasteiger partial charge in [-0.3, -0.25) is 4.98 Å². The van der Waals surface area contributed by atoms with Crippen LogP contribution >= 0.6 is 0 Å². The summed E-state index contributed by atoms with van der Waals surface area (Å²) in [5, 5.41) is 7.12. The van der Waals surface area contributed by atoms with E-state index in [0.717, 1.165) is 31.5 Å². The summed E-state index contributed by atoms with van der Waals surface area (Å²) in [6.07, 6.45) is 1.06. The summed E-state index contributed by atoms with van der Waals surface area (Å²) in [6.45, 7) is 3.02. The molecule has 1 spiro atoms. The van der Waals surface area contributed by atoms with Gasteiger partial charge < -0.3 is 19.6 Å². The molecule has 0 saturated carbocycles. The largest absolute Gasteiger partial charge is 0.490 e. The first-order chi connectivity index (χ1) is 15.5. The second-order valence-electron chi connectivity index (χ2n) is 8.38. The molecule has 3 fully saturated rings. The first kappa shape index (κ1) is 25.2. The van der Waals surface area contributed by atoms with Gasteiger partial charge >= 0.3 is 18.2 Å². The van der Waals surface area contributed by atoms with E-state index in [2.05, 4.69) is 4.98 Å². The fourth-order valence-electron chi connectivity index (χ4n) is 4.35. The number of ether oxygens (including phenoxy) is 1. The van der Waals surface area contributed by atoms with Gasteiger partial charge in [0, 0.05) is 44.5 Å². The average molecular weight is 494 g/mol. The molecule has 13 heteroatoms. The number of aliphatic carboxylic acids is 1. The zero-order valence-electron chi connectivity index (χ0n) is 17.8. The Hall–Kier alpha value is -2.41. The van der Waals surface area contributed by atoms with Crippen molar-refractivity contribution in [2.45, 2.75) is 36.8 Å². The summed E-state index contributed by atoms with van der Waals surface area (Å²) in [6, 6.07) is 3.78. The highest BCUT2D eigenvalue weighted by atomic mass is 32.2. The molecule has 1 aromatic rings. The molecule has 33 heavy (non-hydrogen) atoms. The van der Waals surface area contributed by atoms with E-state index in [1.54, 1.807) is 17.3 Å². The summed E-state index contributed by atoms with van der Waals surface area (Å²) in [4.78, 5) is 29.0. The van der Waals surface area contributed by atoms with Crippen molar-refractivity contribution in [2.24, 2.45) is 5.92 Å². The Morgan fingerprint density at radius 1 is 1.21 bits per heavy atom. The lowest BCUT2D eigenvalue weighted by molar-refractivity contribution is -0.192. The summed E-state index contributed by atoms with van der Waals surface area (Å²) in [7, 11) is -3.19. The van der Waals surface area contributed by atoms with Gasteiger partial charge in [-0.2, -0.15) is 13.2 Å². The predicted molar refractivity (Wildman–Crippen MR) is 110 cm³/mol. The minimum Gasteiger partial charge on any atom is -0.475 e. The number of pyridine rings is 1. The van der Waals surface area contributed by atoms with Gasteiger partial charge in [0.05, 0.1) is 19.0 Å². The van der Waals surface area contributed by atoms with Crippen molar-refractivity contribution in [3.8, 4) is 0 Å². The van der Waals surface area contributed by atoms with Crippen LogP contribution in [0.25, 0.3) is 0 Å². The number of sulfone groups is 1. The minimum atomic E-state index is -5.08. The first-order valence-corrected chi connectivity index (χ1v) is 12.1. The van der Waals surface area contributed by atoms with Crippen LogP contribution in [0.4, 0.5) is 18.0 Å². The maximum atomic E-state index is 12.7. The molecule has 1 unspecified atom stereocenters. The van der Waals surface area contributed by atoms with Gasteiger partial charge in [-0.05, 0) is 30.9 Å². The molecule has 3 aliphatic heterocycles. The van der Waals surface area contributed by atoms with Crippen molar-refractivity contribution >= 4 is 21.8 Å². The number of aromatic nitrogens is 1. The van der Waals surface area contributed by atoms with Crippen molar-refractivity contribution < 1.29 is 41.0 Å². The number of urea groups is 1. The Bertz CT molecular complexity index is 946. The van der Waals surface area contributed by atoms with Crippen LogP contribution in [0.5, 0.6) is 0 Å². The van der Waals surface area contributed by atoms with Crippen LogP contribution in [-0.4, -0.2) is 89.8 Å². The Morgan fingerprint density at radius 2 is 1.85 bits per heavy atom. The molecule has 0 aliphatic carbocycles. The predicted octanol–water partition coefficient (Wildman–Crippen LogP) is 1.94. The van der Waals surface area contributed by atoms with Gasteiger partial charge in [-0.1, -0.05) is 6.07 Å². The van der Waals surface area contributed by atoms with Crippen molar-refractivity contribution in [1.29, 1.82) is 0 Å². The normalized spacial score (nSPS) is 23.1. The second-order valence-corrected chi connectivity index (χ2v) is 10.8. The van der Waals surface area contributed by atoms with Crippen LogP contribution in [0.15, 0.2) is 24.5 Å². The highest BCUT2D eigenvalue weighted by Crippen LogP contribution is 2.45. The molecule has 4 heterocycles. The fraction of sp³-hybridized carbons (Fsp3) is 0.650. The van der Waals surface area contributed by atoms with Crippen LogP contribution in [0.3, 0.4) is 0 Å². The molecular formula is C20H26F3N3O6S. The number of alkyl halides is 3. The summed E-state index contributed by atoms with van der Waals surface area (Å²) in [5.74, 6) is -2.61. The maximum Gasteiger partial charge on any atom is 0.490 e. The number of halogens is 3. The topological polar surface area (TPSA) is 117 Å². The van der Waals surface area contributed by atoms with Crippen molar-refractivity contribution in [3.63, 3.8) is 0 Å². The standard InChI is InChI=1S/C18H25N3O4S.C2HF3O2/c22-17(20-7-1-2-8-20)21-13-18(14-21)16(5-9-26(18,23)24)12-25-11-15-4-3-6-19-10-15;3-2(4,5)1(6)7/h3-4,6,10,16H,1-2,5,7-9,11-14H2;(H,6,7). The molecule has 0 radical (unpaired) electrons. The van der Waals surface area contributed by atoms with Gasteiger partial charge in [0.1, 0.15) is 4.75 Å². The van der Waals surface area contributed by atoms with Gasteiger partial charge in [0.25, 0.3) is 0 Å². The zero-order chi connectivity index (χ0) is 24.3. The van der Waals surface area contributed by atoms with Gasteiger partial charge in [-0.25, -0.2) is 18.0 Å². The van der Waals surface area contributed by atoms with Crippen LogP contribution in [0.2, 0.25) is 0 Å². The average Bonchev–Trinajstić information content (AvgIpc) is 3.33. The zero-order valence-corrected chi connectivity index (χ0v) is 18.6. The van der Waals surface area contributed by atoms with Crippen LogP contribution in [0, 0.1) is 5.92 Å². The van der Waals surface area contributed by atoms with Gasteiger partial charge in [0.2, 0.25) is 0 Å². The van der Waals surface area contributed by atoms with E-state index in [1.807, 2.05) is 17.0 Å². The Balaban J connectivity index is 0.000000383. The maximum absolute atomic E-state index is 12.7.